The van der Waals surface area contributed by atoms with Crippen LogP contribution in [-0.2, 0) is 0 Å². The molecule has 0 amide bonds. The number of benzene rings is 1. The van der Waals surface area contributed by atoms with E-state index in [1.807, 2.05) is 30.3 Å². The molecule has 0 spiro atoms. The fraction of sp³-hybridized carbons (Fsp3) is 0.533. The summed E-state index contributed by atoms with van der Waals surface area (Å²) in [4.78, 5) is 4.53. The van der Waals surface area contributed by atoms with Gasteiger partial charge in [0.05, 0.1) is 0 Å². The minimum atomic E-state index is 0.635. The molecule has 0 bridgehead atoms. The lowest BCUT2D eigenvalue weighted by Crippen LogP contribution is -2.29. The van der Waals surface area contributed by atoms with E-state index < -0.39 is 0 Å². The van der Waals surface area contributed by atoms with Crippen molar-refractivity contribution in [2.75, 3.05) is 13.1 Å². The molecule has 1 aromatic rings. The van der Waals surface area contributed by atoms with Crippen molar-refractivity contribution in [2.24, 2.45) is 4.99 Å². The van der Waals surface area contributed by atoms with Crippen LogP contribution in [0.25, 0.3) is 0 Å². The van der Waals surface area contributed by atoms with Crippen LogP contribution in [0, 0.1) is 0 Å². The van der Waals surface area contributed by atoms with Gasteiger partial charge in [-0.3, -0.25) is 10.2 Å². The van der Waals surface area contributed by atoms with Crippen molar-refractivity contribution < 1.29 is 5.21 Å². The van der Waals surface area contributed by atoms with Crippen LogP contribution in [0.15, 0.2) is 35.3 Å². The first-order valence-corrected chi connectivity index (χ1v) is 6.85. The van der Waals surface area contributed by atoms with Crippen LogP contribution in [0.4, 0.5) is 0 Å². The molecule has 0 saturated heterocycles. The zero-order chi connectivity index (χ0) is 13.2. The van der Waals surface area contributed by atoms with Crippen LogP contribution in [0.1, 0.15) is 45.1 Å². The third-order valence-corrected chi connectivity index (χ3v) is 2.77. The Morgan fingerprint density at radius 2 is 1.78 bits per heavy atom. The van der Waals surface area contributed by atoms with E-state index in [9.17, 15) is 5.21 Å². The zero-order valence-electron chi connectivity index (χ0n) is 11.5. The predicted octanol–water partition coefficient (Wildman–Crippen LogP) is 3.72. The summed E-state index contributed by atoms with van der Waals surface area (Å²) >= 11 is 0. The van der Waals surface area contributed by atoms with Gasteiger partial charge in [-0.05, 0) is 12.8 Å². The quantitative estimate of drug-likeness (QED) is 0.345. The maximum atomic E-state index is 10.1. The van der Waals surface area contributed by atoms with Gasteiger partial charge in [-0.25, -0.2) is 5.06 Å². The zero-order valence-corrected chi connectivity index (χ0v) is 11.5. The van der Waals surface area contributed by atoms with Crippen molar-refractivity contribution in [2.45, 2.75) is 39.5 Å². The van der Waals surface area contributed by atoms with Crippen LogP contribution in [0.3, 0.4) is 0 Å². The highest BCUT2D eigenvalue weighted by atomic mass is 16.5. The minimum Gasteiger partial charge on any atom is -0.287 e. The van der Waals surface area contributed by atoms with E-state index in [0.717, 1.165) is 37.8 Å². The molecule has 0 aromatic heterocycles. The molecule has 1 rings (SSSR count). The van der Waals surface area contributed by atoms with Crippen molar-refractivity contribution in [3.05, 3.63) is 35.9 Å². The molecule has 1 aromatic carbocycles. The topological polar surface area (TPSA) is 35.8 Å². The summed E-state index contributed by atoms with van der Waals surface area (Å²) in [5.41, 5.74) is 0.979. The Balaban J connectivity index is 2.78. The summed E-state index contributed by atoms with van der Waals surface area (Å²) in [6.07, 6.45) is 4.20. The van der Waals surface area contributed by atoms with Crippen LogP contribution >= 0.6 is 0 Å². The number of hydroxylamine groups is 2. The highest BCUT2D eigenvalue weighted by Crippen LogP contribution is 2.06. The summed E-state index contributed by atoms with van der Waals surface area (Å²) in [5, 5.41) is 11.4. The number of aliphatic imine (C=N–C) groups is 1. The van der Waals surface area contributed by atoms with Gasteiger partial charge >= 0.3 is 0 Å². The SMILES string of the molecule is CCCC/N=C(\c1ccccc1)N(O)CCCC. The molecule has 0 aliphatic heterocycles. The van der Waals surface area contributed by atoms with Crippen molar-refractivity contribution in [3.8, 4) is 0 Å². The lowest BCUT2D eigenvalue weighted by Gasteiger charge is -2.19. The maximum absolute atomic E-state index is 10.1. The first-order chi connectivity index (χ1) is 8.79. The molecule has 0 radical (unpaired) electrons. The normalized spacial score (nSPS) is 11.6. The molecule has 0 atom stereocenters. The summed E-state index contributed by atoms with van der Waals surface area (Å²) in [6, 6.07) is 9.89. The van der Waals surface area contributed by atoms with E-state index in [0.29, 0.717) is 12.4 Å². The number of hydrogen-bond acceptors (Lipinski definition) is 2. The van der Waals surface area contributed by atoms with E-state index in [4.69, 9.17) is 0 Å². The van der Waals surface area contributed by atoms with Gasteiger partial charge in [-0.15, -0.1) is 0 Å². The molecule has 0 unspecified atom stereocenters. The monoisotopic (exact) mass is 248 g/mol. The van der Waals surface area contributed by atoms with Gasteiger partial charge in [0.2, 0.25) is 0 Å². The van der Waals surface area contributed by atoms with Crippen LogP contribution in [0.2, 0.25) is 0 Å². The van der Waals surface area contributed by atoms with E-state index in [-0.39, 0.29) is 0 Å². The number of unbranched alkanes of at least 4 members (excludes halogenated alkanes) is 2. The number of hydrogen-bond donors (Lipinski definition) is 1. The Morgan fingerprint density at radius 3 is 2.39 bits per heavy atom. The highest BCUT2D eigenvalue weighted by Gasteiger charge is 2.10. The largest absolute Gasteiger partial charge is 0.287 e. The summed E-state index contributed by atoms with van der Waals surface area (Å²) in [5.74, 6) is 0.692. The minimum absolute atomic E-state index is 0.635. The second kappa shape index (κ2) is 8.70. The van der Waals surface area contributed by atoms with Gasteiger partial charge in [-0.1, -0.05) is 57.0 Å². The average Bonchev–Trinajstić information content (AvgIpc) is 2.42. The van der Waals surface area contributed by atoms with Crippen molar-refractivity contribution >= 4 is 5.84 Å². The van der Waals surface area contributed by atoms with Gasteiger partial charge in [0.15, 0.2) is 5.84 Å². The van der Waals surface area contributed by atoms with E-state index in [2.05, 4.69) is 18.8 Å². The summed E-state index contributed by atoms with van der Waals surface area (Å²) < 4.78 is 0. The lowest BCUT2D eigenvalue weighted by atomic mass is 10.2. The third-order valence-electron chi connectivity index (χ3n) is 2.77. The van der Waals surface area contributed by atoms with Crippen LogP contribution in [-0.4, -0.2) is 29.2 Å². The molecule has 3 heteroatoms. The molecular weight excluding hydrogens is 224 g/mol. The Kier molecular flexibility index (Phi) is 7.11. The molecule has 0 heterocycles. The Morgan fingerprint density at radius 1 is 1.11 bits per heavy atom. The maximum Gasteiger partial charge on any atom is 0.154 e. The van der Waals surface area contributed by atoms with E-state index in [1.165, 1.54) is 5.06 Å². The molecule has 18 heavy (non-hydrogen) atoms. The fourth-order valence-electron chi connectivity index (χ4n) is 1.67. The first kappa shape index (κ1) is 14.7. The van der Waals surface area contributed by atoms with E-state index >= 15 is 0 Å². The van der Waals surface area contributed by atoms with Gasteiger partial charge in [0, 0.05) is 18.7 Å². The van der Waals surface area contributed by atoms with Crippen LogP contribution in [0.5, 0.6) is 0 Å². The van der Waals surface area contributed by atoms with Gasteiger partial charge < -0.3 is 0 Å². The number of rotatable bonds is 7. The smallest absolute Gasteiger partial charge is 0.154 e. The van der Waals surface area contributed by atoms with Crippen LogP contribution < -0.4 is 0 Å². The Bertz CT molecular complexity index is 349. The lowest BCUT2D eigenvalue weighted by molar-refractivity contribution is -0.0150. The van der Waals surface area contributed by atoms with Gasteiger partial charge in [0.25, 0.3) is 0 Å². The third kappa shape index (κ3) is 4.88. The fourth-order valence-corrected chi connectivity index (χ4v) is 1.67. The predicted molar refractivity (Wildman–Crippen MR) is 76.2 cm³/mol. The van der Waals surface area contributed by atoms with Crippen molar-refractivity contribution in [3.63, 3.8) is 0 Å². The van der Waals surface area contributed by atoms with Crippen molar-refractivity contribution in [1.82, 2.24) is 5.06 Å². The summed E-state index contributed by atoms with van der Waals surface area (Å²) in [6.45, 7) is 5.66. The Hall–Kier alpha value is -1.35. The molecule has 0 aliphatic carbocycles. The van der Waals surface area contributed by atoms with Gasteiger partial charge in [-0.2, -0.15) is 0 Å². The van der Waals surface area contributed by atoms with Crippen molar-refractivity contribution in [1.29, 1.82) is 0 Å². The summed E-state index contributed by atoms with van der Waals surface area (Å²) in [7, 11) is 0. The highest BCUT2D eigenvalue weighted by molar-refractivity contribution is 5.97. The molecule has 0 saturated carbocycles. The van der Waals surface area contributed by atoms with E-state index in [1.54, 1.807) is 0 Å². The molecule has 0 aliphatic rings. The molecule has 100 valence electrons. The molecular formula is C15H24N2O. The van der Waals surface area contributed by atoms with Gasteiger partial charge in [0.1, 0.15) is 0 Å². The first-order valence-electron chi connectivity index (χ1n) is 6.85. The standard InChI is InChI=1S/C15H24N2O/c1-3-5-12-16-15(17(18)13-6-4-2)14-10-8-7-9-11-14/h7-11,18H,3-6,12-13H2,1-2H3/b16-15+. The molecule has 3 nitrogen and oxygen atoms in total. The second-order valence-electron chi connectivity index (χ2n) is 4.40. The molecule has 1 N–H and O–H groups in total. The number of nitrogens with zero attached hydrogens (tertiary/aromatic N) is 2. The molecule has 0 fully saturated rings. The second-order valence-corrected chi connectivity index (χ2v) is 4.40. The number of amidine groups is 1. The Labute approximate surface area is 110 Å². The average molecular weight is 248 g/mol.